The number of hydrogen-bond acceptors (Lipinski definition) is 1. The van der Waals surface area contributed by atoms with Crippen LogP contribution in [-0.4, -0.2) is 30.7 Å². The fraction of sp³-hybridized carbons (Fsp3) is 1.00. The van der Waals surface area contributed by atoms with E-state index in [0.29, 0.717) is 6.54 Å². The van der Waals surface area contributed by atoms with Crippen molar-refractivity contribution in [3.63, 3.8) is 0 Å². The topological polar surface area (TPSA) is 3.24 Å². The first-order valence-corrected chi connectivity index (χ1v) is 5.81. The predicted octanol–water partition coefficient (Wildman–Crippen LogP) is 3.10. The molecule has 1 fully saturated rings. The van der Waals surface area contributed by atoms with Gasteiger partial charge in [0.25, 0.3) is 0 Å². The molecule has 1 nitrogen and oxygen atoms in total. The van der Waals surface area contributed by atoms with E-state index in [-0.39, 0.29) is 11.3 Å². The van der Waals surface area contributed by atoms with Gasteiger partial charge in [0.2, 0.25) is 0 Å². The first-order valence-electron chi connectivity index (χ1n) is 5.81. The van der Waals surface area contributed by atoms with Crippen molar-refractivity contribution in [3.8, 4) is 0 Å². The van der Waals surface area contributed by atoms with E-state index in [1.807, 2.05) is 0 Å². The summed E-state index contributed by atoms with van der Waals surface area (Å²) in [5, 5.41) is 0. The van der Waals surface area contributed by atoms with E-state index in [2.05, 4.69) is 32.6 Å². The van der Waals surface area contributed by atoms with Crippen LogP contribution in [0.25, 0.3) is 0 Å². The van der Waals surface area contributed by atoms with E-state index >= 15 is 0 Å². The highest BCUT2D eigenvalue weighted by atomic mass is 19.1. The average molecular weight is 201 g/mol. The maximum atomic E-state index is 13.9. The summed E-state index contributed by atoms with van der Waals surface area (Å²) in [5.74, 6) is 0.246. The second kappa shape index (κ2) is 4.61. The molecule has 0 bridgehead atoms. The predicted molar refractivity (Wildman–Crippen MR) is 59.2 cm³/mol. The number of piperidine rings is 1. The van der Waals surface area contributed by atoms with Gasteiger partial charge < -0.3 is 4.90 Å². The summed E-state index contributed by atoms with van der Waals surface area (Å²) in [6.45, 7) is 11.4. The second-order valence-corrected chi connectivity index (χ2v) is 5.58. The Balaban J connectivity index is 2.48. The second-order valence-electron chi connectivity index (χ2n) is 5.58. The minimum atomic E-state index is -0.629. The largest absolute Gasteiger partial charge is 0.300 e. The van der Waals surface area contributed by atoms with Crippen molar-refractivity contribution in [2.45, 2.75) is 46.7 Å². The molecule has 1 saturated heterocycles. The monoisotopic (exact) mass is 201 g/mol. The lowest BCUT2D eigenvalue weighted by Crippen LogP contribution is -2.46. The zero-order chi connectivity index (χ0) is 10.8. The van der Waals surface area contributed by atoms with Gasteiger partial charge in [-0.2, -0.15) is 0 Å². The Morgan fingerprint density at radius 2 is 2.00 bits per heavy atom. The Hall–Kier alpha value is -0.110. The zero-order valence-corrected chi connectivity index (χ0v) is 10.0. The van der Waals surface area contributed by atoms with Crippen molar-refractivity contribution >= 4 is 0 Å². The van der Waals surface area contributed by atoms with E-state index in [1.165, 1.54) is 0 Å². The molecule has 0 N–H and O–H groups in total. The molecule has 0 aliphatic carbocycles. The van der Waals surface area contributed by atoms with Crippen LogP contribution in [0.3, 0.4) is 0 Å². The van der Waals surface area contributed by atoms with Gasteiger partial charge in [-0.15, -0.1) is 0 Å². The molecule has 14 heavy (non-hydrogen) atoms. The first-order chi connectivity index (χ1) is 6.45. The molecule has 0 aromatic carbocycles. The van der Waals surface area contributed by atoms with Gasteiger partial charge in [0.15, 0.2) is 0 Å². The fourth-order valence-corrected chi connectivity index (χ4v) is 2.46. The van der Waals surface area contributed by atoms with Crippen molar-refractivity contribution in [1.29, 1.82) is 0 Å². The molecular formula is C12H24FN. The normalized spacial score (nSPS) is 30.6. The molecule has 0 radical (unpaired) electrons. The lowest BCUT2D eigenvalue weighted by molar-refractivity contribution is 0.0266. The molecule has 1 aliphatic rings. The van der Waals surface area contributed by atoms with Crippen LogP contribution in [-0.2, 0) is 0 Å². The number of alkyl halides is 1. The molecule has 2 unspecified atom stereocenters. The number of nitrogens with zero attached hydrogens (tertiary/aromatic N) is 1. The van der Waals surface area contributed by atoms with Crippen LogP contribution in [0.5, 0.6) is 0 Å². The van der Waals surface area contributed by atoms with Gasteiger partial charge in [0.1, 0.15) is 6.17 Å². The maximum Gasteiger partial charge on any atom is 0.116 e. The van der Waals surface area contributed by atoms with Gasteiger partial charge in [-0.3, -0.25) is 0 Å². The summed E-state index contributed by atoms with van der Waals surface area (Å²) in [7, 11) is 0. The Morgan fingerprint density at radius 3 is 2.43 bits per heavy atom. The standard InChI is InChI=1S/C12H24FN/c1-5-7-14-8-6-10(11(13)9-14)12(2,3)4/h10-11H,5-9H2,1-4H3. The molecule has 1 heterocycles. The Labute approximate surface area is 87.7 Å². The third-order valence-corrected chi connectivity index (χ3v) is 3.28. The van der Waals surface area contributed by atoms with E-state index in [4.69, 9.17) is 0 Å². The summed E-state index contributed by atoms with van der Waals surface area (Å²) in [6, 6.07) is 0. The van der Waals surface area contributed by atoms with Crippen LogP contribution in [0.15, 0.2) is 0 Å². The summed E-state index contributed by atoms with van der Waals surface area (Å²) < 4.78 is 13.9. The molecule has 0 aromatic heterocycles. The van der Waals surface area contributed by atoms with Crippen molar-refractivity contribution in [3.05, 3.63) is 0 Å². The van der Waals surface area contributed by atoms with Crippen LogP contribution in [0.4, 0.5) is 4.39 Å². The van der Waals surface area contributed by atoms with Gasteiger partial charge >= 0.3 is 0 Å². The third kappa shape index (κ3) is 2.94. The Morgan fingerprint density at radius 1 is 1.36 bits per heavy atom. The quantitative estimate of drug-likeness (QED) is 0.663. The highest BCUT2D eigenvalue weighted by Crippen LogP contribution is 2.35. The SMILES string of the molecule is CCCN1CCC(C(C)(C)C)C(F)C1. The molecule has 2 heteroatoms. The molecule has 2 atom stereocenters. The maximum absolute atomic E-state index is 13.9. The number of hydrogen-bond donors (Lipinski definition) is 0. The van der Waals surface area contributed by atoms with E-state index in [0.717, 1.165) is 25.9 Å². The molecule has 0 spiro atoms. The molecule has 0 amide bonds. The lowest BCUT2D eigenvalue weighted by atomic mass is 9.74. The molecule has 1 aliphatic heterocycles. The minimum Gasteiger partial charge on any atom is -0.300 e. The van der Waals surface area contributed by atoms with Crippen molar-refractivity contribution in [2.75, 3.05) is 19.6 Å². The van der Waals surface area contributed by atoms with Crippen LogP contribution in [0, 0.1) is 11.3 Å². The van der Waals surface area contributed by atoms with Gasteiger partial charge in [-0.1, -0.05) is 27.7 Å². The van der Waals surface area contributed by atoms with Crippen molar-refractivity contribution < 1.29 is 4.39 Å². The molecule has 0 aromatic rings. The fourth-order valence-electron chi connectivity index (χ4n) is 2.46. The molecule has 1 rings (SSSR count). The average Bonchev–Trinajstić information content (AvgIpc) is 2.02. The lowest BCUT2D eigenvalue weighted by Gasteiger charge is -2.41. The van der Waals surface area contributed by atoms with Crippen molar-refractivity contribution in [1.82, 2.24) is 4.90 Å². The van der Waals surface area contributed by atoms with Gasteiger partial charge in [0.05, 0.1) is 0 Å². The smallest absolute Gasteiger partial charge is 0.116 e. The number of likely N-dealkylation sites (tertiary alicyclic amines) is 1. The Bertz CT molecular complexity index is 174. The summed E-state index contributed by atoms with van der Waals surface area (Å²) >= 11 is 0. The molecule has 0 saturated carbocycles. The third-order valence-electron chi connectivity index (χ3n) is 3.28. The van der Waals surface area contributed by atoms with E-state index in [9.17, 15) is 4.39 Å². The first kappa shape index (κ1) is 12.0. The molecular weight excluding hydrogens is 177 g/mol. The number of rotatable bonds is 2. The molecule has 84 valence electrons. The highest BCUT2D eigenvalue weighted by Gasteiger charge is 2.36. The van der Waals surface area contributed by atoms with Gasteiger partial charge in [0, 0.05) is 6.54 Å². The van der Waals surface area contributed by atoms with Crippen LogP contribution in [0.1, 0.15) is 40.5 Å². The minimum absolute atomic E-state index is 0.123. The zero-order valence-electron chi connectivity index (χ0n) is 10.0. The summed E-state index contributed by atoms with van der Waals surface area (Å²) in [4.78, 5) is 2.26. The van der Waals surface area contributed by atoms with Gasteiger partial charge in [-0.25, -0.2) is 4.39 Å². The van der Waals surface area contributed by atoms with Crippen LogP contribution < -0.4 is 0 Å². The summed E-state index contributed by atoms with van der Waals surface area (Å²) in [6.07, 6.45) is 1.52. The van der Waals surface area contributed by atoms with E-state index < -0.39 is 6.17 Å². The number of halogens is 1. The highest BCUT2D eigenvalue weighted by molar-refractivity contribution is 4.87. The van der Waals surface area contributed by atoms with Crippen LogP contribution in [0.2, 0.25) is 0 Å². The van der Waals surface area contributed by atoms with Crippen molar-refractivity contribution in [2.24, 2.45) is 11.3 Å². The van der Waals surface area contributed by atoms with E-state index in [1.54, 1.807) is 0 Å². The van der Waals surface area contributed by atoms with Crippen LogP contribution >= 0.6 is 0 Å². The van der Waals surface area contributed by atoms with Gasteiger partial charge in [-0.05, 0) is 37.3 Å². The Kier molecular flexibility index (Phi) is 3.94. The summed E-state index contributed by atoms with van der Waals surface area (Å²) in [5.41, 5.74) is 0.123.